The number of rotatable bonds is 3. The van der Waals surface area contributed by atoms with Crippen molar-refractivity contribution < 1.29 is 4.42 Å². The van der Waals surface area contributed by atoms with Crippen LogP contribution in [-0.2, 0) is 6.54 Å². The smallest absolute Gasteiger partial charge is 0.169 e. The summed E-state index contributed by atoms with van der Waals surface area (Å²) in [6, 6.07) is 3.81. The highest BCUT2D eigenvalue weighted by Crippen LogP contribution is 2.03. The normalized spacial score (nSPS) is 9.69. The second-order valence-corrected chi connectivity index (χ2v) is 3.16. The summed E-state index contributed by atoms with van der Waals surface area (Å²) >= 11 is 5.12. The molecular weight excluding hydrogens is 184 g/mol. The van der Waals surface area contributed by atoms with E-state index >= 15 is 0 Å². The lowest BCUT2D eigenvalue weighted by Gasteiger charge is -2.18. The van der Waals surface area contributed by atoms with E-state index in [1.807, 2.05) is 31.0 Å². The summed E-state index contributed by atoms with van der Waals surface area (Å²) < 4.78 is 5.20. The number of nitrogens with zero attached hydrogens (tertiary/aromatic N) is 1. The van der Waals surface area contributed by atoms with E-state index in [-0.39, 0.29) is 0 Å². The van der Waals surface area contributed by atoms with Crippen molar-refractivity contribution in [3.05, 3.63) is 24.2 Å². The van der Waals surface area contributed by atoms with Crippen molar-refractivity contribution in [2.75, 3.05) is 13.6 Å². The van der Waals surface area contributed by atoms with E-state index in [0.717, 1.165) is 17.4 Å². The fourth-order valence-corrected chi connectivity index (χ4v) is 1.20. The molecule has 1 aromatic heterocycles. The zero-order valence-electron chi connectivity index (χ0n) is 7.91. The van der Waals surface area contributed by atoms with Crippen LogP contribution in [0.2, 0.25) is 0 Å². The zero-order chi connectivity index (χ0) is 9.68. The van der Waals surface area contributed by atoms with Crippen molar-refractivity contribution in [2.24, 2.45) is 0 Å². The molecular formula is C9H14N2OS. The monoisotopic (exact) mass is 198 g/mol. The summed E-state index contributed by atoms with van der Waals surface area (Å²) in [5.74, 6) is 0.919. The van der Waals surface area contributed by atoms with Crippen LogP contribution in [0.25, 0.3) is 0 Å². The first-order valence-electron chi connectivity index (χ1n) is 4.25. The zero-order valence-corrected chi connectivity index (χ0v) is 8.73. The third-order valence-corrected chi connectivity index (χ3v) is 2.10. The lowest BCUT2D eigenvalue weighted by molar-refractivity contribution is 0.407. The van der Waals surface area contributed by atoms with Crippen molar-refractivity contribution in [3.8, 4) is 0 Å². The maximum Gasteiger partial charge on any atom is 0.169 e. The molecule has 0 spiro atoms. The van der Waals surface area contributed by atoms with Crippen LogP contribution >= 0.6 is 12.2 Å². The Morgan fingerprint density at radius 1 is 1.69 bits per heavy atom. The van der Waals surface area contributed by atoms with E-state index in [4.69, 9.17) is 16.6 Å². The van der Waals surface area contributed by atoms with E-state index in [1.54, 1.807) is 6.26 Å². The maximum absolute atomic E-state index is 5.20. The Kier molecular flexibility index (Phi) is 3.76. The molecule has 0 aromatic carbocycles. The Hall–Kier alpha value is -1.03. The largest absolute Gasteiger partial charge is 0.467 e. The Morgan fingerprint density at radius 3 is 3.00 bits per heavy atom. The van der Waals surface area contributed by atoms with Crippen LogP contribution in [0.4, 0.5) is 0 Å². The van der Waals surface area contributed by atoms with Crippen molar-refractivity contribution in [2.45, 2.75) is 13.5 Å². The minimum atomic E-state index is 0.707. The van der Waals surface area contributed by atoms with Gasteiger partial charge in [-0.3, -0.25) is 0 Å². The van der Waals surface area contributed by atoms with E-state index in [1.165, 1.54) is 0 Å². The molecule has 0 radical (unpaired) electrons. The van der Waals surface area contributed by atoms with Gasteiger partial charge in [-0.15, -0.1) is 0 Å². The first kappa shape index (κ1) is 10.1. The van der Waals surface area contributed by atoms with E-state index in [0.29, 0.717) is 6.54 Å². The highest BCUT2D eigenvalue weighted by Gasteiger charge is 2.04. The van der Waals surface area contributed by atoms with Crippen LogP contribution in [0.1, 0.15) is 12.7 Å². The van der Waals surface area contributed by atoms with Crippen LogP contribution < -0.4 is 5.32 Å². The average molecular weight is 198 g/mol. The predicted octanol–water partition coefficient (Wildman–Crippen LogP) is 1.61. The molecule has 0 aliphatic carbocycles. The van der Waals surface area contributed by atoms with Gasteiger partial charge in [0, 0.05) is 13.6 Å². The van der Waals surface area contributed by atoms with Crippen LogP contribution in [0.3, 0.4) is 0 Å². The molecule has 0 unspecified atom stereocenters. The Morgan fingerprint density at radius 2 is 2.46 bits per heavy atom. The molecule has 0 fully saturated rings. The molecule has 72 valence electrons. The minimum absolute atomic E-state index is 0.707. The lowest BCUT2D eigenvalue weighted by Crippen LogP contribution is -2.36. The van der Waals surface area contributed by atoms with Crippen molar-refractivity contribution in [1.29, 1.82) is 0 Å². The summed E-state index contributed by atoms with van der Waals surface area (Å²) in [5, 5.41) is 3.82. The third kappa shape index (κ3) is 3.06. The molecule has 1 aromatic rings. The van der Waals surface area contributed by atoms with Gasteiger partial charge in [-0.25, -0.2) is 0 Å². The second-order valence-electron chi connectivity index (χ2n) is 2.77. The fraction of sp³-hybridized carbons (Fsp3) is 0.444. The van der Waals surface area contributed by atoms with Crippen LogP contribution in [0, 0.1) is 0 Å². The molecule has 1 heterocycles. The highest BCUT2D eigenvalue weighted by atomic mass is 32.1. The lowest BCUT2D eigenvalue weighted by atomic mass is 10.4. The van der Waals surface area contributed by atoms with E-state index in [2.05, 4.69) is 5.32 Å². The number of hydrogen-bond donors (Lipinski definition) is 1. The summed E-state index contributed by atoms with van der Waals surface area (Å²) in [7, 11) is 1.94. The molecule has 3 nitrogen and oxygen atoms in total. The van der Waals surface area contributed by atoms with Gasteiger partial charge in [0.15, 0.2) is 5.11 Å². The third-order valence-electron chi connectivity index (χ3n) is 1.65. The topological polar surface area (TPSA) is 28.4 Å². The van der Waals surface area contributed by atoms with E-state index in [9.17, 15) is 0 Å². The Balaban J connectivity index is 2.41. The predicted molar refractivity (Wildman–Crippen MR) is 56.4 cm³/mol. The first-order valence-corrected chi connectivity index (χ1v) is 4.66. The number of thiocarbonyl (C=S) groups is 1. The SMILES string of the molecule is CCNC(=S)N(C)Cc1ccco1. The van der Waals surface area contributed by atoms with Gasteiger partial charge in [-0.2, -0.15) is 0 Å². The molecule has 13 heavy (non-hydrogen) atoms. The Bertz CT molecular complexity index is 259. The van der Waals surface area contributed by atoms with Gasteiger partial charge in [-0.05, 0) is 31.3 Å². The second kappa shape index (κ2) is 4.87. The molecule has 0 bridgehead atoms. The first-order chi connectivity index (χ1) is 6.24. The number of hydrogen-bond acceptors (Lipinski definition) is 2. The van der Waals surface area contributed by atoms with Gasteiger partial charge >= 0.3 is 0 Å². The molecule has 0 saturated carbocycles. The standard InChI is InChI=1S/C9H14N2OS/c1-3-10-9(13)11(2)7-8-5-4-6-12-8/h4-6H,3,7H2,1-2H3,(H,10,13). The quantitative estimate of drug-likeness (QED) is 0.747. The van der Waals surface area contributed by atoms with Crippen molar-refractivity contribution in [3.63, 3.8) is 0 Å². The molecule has 4 heteroatoms. The molecule has 0 atom stereocenters. The summed E-state index contributed by atoms with van der Waals surface area (Å²) in [4.78, 5) is 1.94. The Labute approximate surface area is 83.7 Å². The molecule has 1 N–H and O–H groups in total. The van der Waals surface area contributed by atoms with Gasteiger partial charge in [0.05, 0.1) is 12.8 Å². The van der Waals surface area contributed by atoms with Gasteiger partial charge in [-0.1, -0.05) is 0 Å². The minimum Gasteiger partial charge on any atom is -0.467 e. The van der Waals surface area contributed by atoms with Gasteiger partial charge < -0.3 is 14.6 Å². The van der Waals surface area contributed by atoms with Gasteiger partial charge in [0.25, 0.3) is 0 Å². The van der Waals surface area contributed by atoms with Crippen LogP contribution in [-0.4, -0.2) is 23.6 Å². The number of furan rings is 1. The maximum atomic E-state index is 5.20. The van der Waals surface area contributed by atoms with Crippen molar-refractivity contribution >= 4 is 17.3 Å². The summed E-state index contributed by atoms with van der Waals surface area (Å²) in [6.45, 7) is 3.58. The van der Waals surface area contributed by atoms with Crippen molar-refractivity contribution in [1.82, 2.24) is 10.2 Å². The molecule has 0 amide bonds. The number of nitrogens with one attached hydrogen (secondary N) is 1. The van der Waals surface area contributed by atoms with Crippen LogP contribution in [0.15, 0.2) is 22.8 Å². The van der Waals surface area contributed by atoms with Crippen LogP contribution in [0.5, 0.6) is 0 Å². The molecule has 1 rings (SSSR count). The van der Waals surface area contributed by atoms with Gasteiger partial charge in [0.2, 0.25) is 0 Å². The fourth-order valence-electron chi connectivity index (χ4n) is 0.994. The van der Waals surface area contributed by atoms with E-state index < -0.39 is 0 Å². The summed E-state index contributed by atoms with van der Waals surface area (Å²) in [5.41, 5.74) is 0. The molecule has 0 aliphatic rings. The molecule has 0 aliphatic heterocycles. The average Bonchev–Trinajstić information content (AvgIpc) is 2.57. The highest BCUT2D eigenvalue weighted by molar-refractivity contribution is 7.80. The van der Waals surface area contributed by atoms with Gasteiger partial charge in [0.1, 0.15) is 5.76 Å². The summed E-state index contributed by atoms with van der Waals surface area (Å²) in [6.07, 6.45) is 1.67. The molecule has 0 saturated heterocycles.